The van der Waals surface area contributed by atoms with Gasteiger partial charge < -0.3 is 33.8 Å². The first-order valence-corrected chi connectivity index (χ1v) is 42.7. The highest BCUT2D eigenvalue weighted by molar-refractivity contribution is 7.47. The molecule has 0 aromatic carbocycles. The van der Waals surface area contributed by atoms with Gasteiger partial charge in [-0.3, -0.25) is 37.3 Å². The Hall–Kier alpha value is -1.94. The lowest BCUT2D eigenvalue weighted by molar-refractivity contribution is -0.161. The predicted octanol–water partition coefficient (Wildman–Crippen LogP) is 22.5. The van der Waals surface area contributed by atoms with Crippen molar-refractivity contribution in [3.8, 4) is 0 Å². The van der Waals surface area contributed by atoms with Gasteiger partial charge in [-0.05, 0) is 31.6 Å². The molecule has 3 unspecified atom stereocenters. The number of aliphatic hydroxyl groups excluding tert-OH is 1. The van der Waals surface area contributed by atoms with E-state index >= 15 is 0 Å². The average Bonchev–Trinajstić information content (AvgIpc) is 1.54. The van der Waals surface area contributed by atoms with E-state index < -0.39 is 97.5 Å². The van der Waals surface area contributed by atoms with Crippen LogP contribution in [0.1, 0.15) is 401 Å². The van der Waals surface area contributed by atoms with Crippen molar-refractivity contribution >= 4 is 39.5 Å². The predicted molar refractivity (Wildman–Crippen MR) is 386 cm³/mol. The number of aliphatic hydroxyl groups is 1. The van der Waals surface area contributed by atoms with Gasteiger partial charge in [-0.2, -0.15) is 0 Å². The molecule has 0 aliphatic heterocycles. The number of esters is 4. The zero-order valence-corrected chi connectivity index (χ0v) is 63.6. The summed E-state index contributed by atoms with van der Waals surface area (Å²) in [7, 11) is -9.91. The molecule has 17 nitrogen and oxygen atoms in total. The summed E-state index contributed by atoms with van der Waals surface area (Å²) in [6.45, 7) is 7.35. The molecule has 0 spiro atoms. The Balaban J connectivity index is 5.24. The van der Waals surface area contributed by atoms with Crippen LogP contribution in [0.25, 0.3) is 0 Å². The summed E-state index contributed by atoms with van der Waals surface area (Å²) in [5, 5.41) is 10.6. The second kappa shape index (κ2) is 69.2. The van der Waals surface area contributed by atoms with Crippen molar-refractivity contribution in [1.29, 1.82) is 0 Å². The Morgan fingerprint density at radius 2 is 0.505 bits per heavy atom. The van der Waals surface area contributed by atoms with E-state index in [0.29, 0.717) is 25.7 Å². The molecule has 19 heteroatoms. The first-order valence-electron chi connectivity index (χ1n) is 39.7. The highest BCUT2D eigenvalue weighted by Crippen LogP contribution is 2.45. The molecule has 0 radical (unpaired) electrons. The standard InChI is InChI=1S/C76H148O17P2/c1-6-10-13-16-19-22-25-30-36-40-45-50-55-60-74(79)87-66-72(93-76(81)62-57-52-47-42-37-32-29-28-31-33-38-43-48-53-58-69(5)9-4)68-91-95(84,85)89-64-70(77)63-88-94(82,83)90-67-71(92-75(80)61-56-51-46-41-35-27-24-21-18-15-12-8-3)65-86-73(78)59-54-49-44-39-34-26-23-20-17-14-11-7-2/h69-72,77H,6-68H2,1-5H3,(H,82,83)(H,84,85)/t69?,70-,71+,72+/m0/s1. The molecule has 0 aromatic rings. The lowest BCUT2D eigenvalue weighted by atomic mass is 9.99. The third-order valence-electron chi connectivity index (χ3n) is 18.1. The molecule has 0 heterocycles. The molecule has 6 atom stereocenters. The van der Waals surface area contributed by atoms with Crippen LogP contribution in [0.2, 0.25) is 0 Å². The number of hydrogen-bond donors (Lipinski definition) is 3. The van der Waals surface area contributed by atoms with E-state index in [1.54, 1.807) is 0 Å². The Bertz CT molecular complexity index is 1820. The van der Waals surface area contributed by atoms with Crippen molar-refractivity contribution < 1.29 is 80.2 Å². The quantitative estimate of drug-likeness (QED) is 0.0222. The maximum absolute atomic E-state index is 13.1. The number of rotatable bonds is 76. The van der Waals surface area contributed by atoms with Crippen LogP contribution in [0.3, 0.4) is 0 Å². The van der Waals surface area contributed by atoms with Gasteiger partial charge in [-0.15, -0.1) is 0 Å². The molecule has 0 saturated carbocycles. The molecule has 564 valence electrons. The van der Waals surface area contributed by atoms with Crippen molar-refractivity contribution in [3.05, 3.63) is 0 Å². The fraction of sp³-hybridized carbons (Fsp3) is 0.947. The van der Waals surface area contributed by atoms with Gasteiger partial charge in [0.2, 0.25) is 0 Å². The Morgan fingerprint density at radius 3 is 0.747 bits per heavy atom. The van der Waals surface area contributed by atoms with Crippen molar-refractivity contribution in [2.24, 2.45) is 5.92 Å². The summed E-state index contributed by atoms with van der Waals surface area (Å²) in [5.74, 6) is -1.26. The Morgan fingerprint density at radius 1 is 0.295 bits per heavy atom. The number of carbonyl (C=O) groups excluding carboxylic acids is 4. The zero-order valence-electron chi connectivity index (χ0n) is 61.8. The molecular formula is C76H148O17P2. The van der Waals surface area contributed by atoms with E-state index in [2.05, 4.69) is 34.6 Å². The van der Waals surface area contributed by atoms with E-state index in [4.69, 9.17) is 37.0 Å². The number of phosphoric ester groups is 2. The first-order chi connectivity index (χ1) is 46.1. The molecular weight excluding hydrogens is 1250 g/mol. The molecule has 0 amide bonds. The molecule has 0 aliphatic rings. The van der Waals surface area contributed by atoms with E-state index in [9.17, 15) is 43.2 Å². The fourth-order valence-electron chi connectivity index (χ4n) is 11.7. The summed E-state index contributed by atoms with van der Waals surface area (Å²) < 4.78 is 68.5. The maximum Gasteiger partial charge on any atom is 0.472 e. The summed E-state index contributed by atoms with van der Waals surface area (Å²) in [4.78, 5) is 72.8. The molecule has 0 aromatic heterocycles. The van der Waals surface area contributed by atoms with Crippen LogP contribution < -0.4 is 0 Å². The Labute approximate surface area is 581 Å². The second-order valence-corrected chi connectivity index (χ2v) is 30.5. The molecule has 0 aliphatic carbocycles. The van der Waals surface area contributed by atoms with Gasteiger partial charge in [0.1, 0.15) is 19.3 Å². The second-order valence-electron chi connectivity index (χ2n) is 27.6. The lowest BCUT2D eigenvalue weighted by Gasteiger charge is -2.21. The third-order valence-corrected chi connectivity index (χ3v) is 20.0. The van der Waals surface area contributed by atoms with Crippen molar-refractivity contribution in [2.75, 3.05) is 39.6 Å². The third kappa shape index (κ3) is 69.0. The number of carbonyl (C=O) groups is 4. The fourth-order valence-corrected chi connectivity index (χ4v) is 13.3. The van der Waals surface area contributed by atoms with Crippen LogP contribution in [0, 0.1) is 5.92 Å². The number of phosphoric acid groups is 2. The maximum atomic E-state index is 13.1. The van der Waals surface area contributed by atoms with Gasteiger partial charge in [0.05, 0.1) is 26.4 Å². The summed E-state index contributed by atoms with van der Waals surface area (Å²) >= 11 is 0. The van der Waals surface area contributed by atoms with E-state index in [1.807, 2.05) is 0 Å². The molecule has 0 rings (SSSR count). The molecule has 95 heavy (non-hydrogen) atoms. The average molecular weight is 1400 g/mol. The van der Waals surface area contributed by atoms with Gasteiger partial charge in [-0.1, -0.05) is 349 Å². The monoisotopic (exact) mass is 1400 g/mol. The SMILES string of the molecule is CCCCCCCCCCCCCCCC(=O)OC[C@H](COP(=O)(O)OC[C@@H](O)COP(=O)(O)OC[C@@H](COC(=O)CCCCCCCCCCCCCC)OC(=O)CCCCCCCCCCCCCC)OC(=O)CCCCCCCCCCCCCCCCC(C)CC. The van der Waals surface area contributed by atoms with E-state index in [1.165, 1.54) is 225 Å². The van der Waals surface area contributed by atoms with Crippen LogP contribution in [-0.4, -0.2) is 96.7 Å². The van der Waals surface area contributed by atoms with Crippen LogP contribution in [0.5, 0.6) is 0 Å². The van der Waals surface area contributed by atoms with Crippen LogP contribution in [0.15, 0.2) is 0 Å². The normalized spacial score (nSPS) is 14.2. The van der Waals surface area contributed by atoms with Gasteiger partial charge in [0.15, 0.2) is 12.2 Å². The lowest BCUT2D eigenvalue weighted by Crippen LogP contribution is -2.30. The Kier molecular flexibility index (Phi) is 67.7. The molecule has 0 bridgehead atoms. The number of ether oxygens (including phenoxy) is 4. The first kappa shape index (κ1) is 93.1. The minimum atomic E-state index is -4.96. The molecule has 3 N–H and O–H groups in total. The summed E-state index contributed by atoms with van der Waals surface area (Å²) in [6, 6.07) is 0. The van der Waals surface area contributed by atoms with Gasteiger partial charge in [0, 0.05) is 25.7 Å². The van der Waals surface area contributed by atoms with Crippen molar-refractivity contribution in [2.45, 2.75) is 419 Å². The smallest absolute Gasteiger partial charge is 0.462 e. The minimum Gasteiger partial charge on any atom is -0.462 e. The highest BCUT2D eigenvalue weighted by atomic mass is 31.2. The van der Waals surface area contributed by atoms with E-state index in [0.717, 1.165) is 95.8 Å². The largest absolute Gasteiger partial charge is 0.472 e. The molecule has 0 fully saturated rings. The zero-order chi connectivity index (χ0) is 69.8. The number of hydrogen-bond acceptors (Lipinski definition) is 15. The van der Waals surface area contributed by atoms with E-state index in [-0.39, 0.29) is 25.7 Å². The van der Waals surface area contributed by atoms with Crippen LogP contribution in [0.4, 0.5) is 0 Å². The molecule has 0 saturated heterocycles. The summed E-state index contributed by atoms with van der Waals surface area (Å²) in [6.07, 6.45) is 57.9. The minimum absolute atomic E-state index is 0.108. The van der Waals surface area contributed by atoms with Gasteiger partial charge >= 0.3 is 39.5 Å². The van der Waals surface area contributed by atoms with Crippen LogP contribution in [-0.2, 0) is 65.4 Å². The van der Waals surface area contributed by atoms with Crippen molar-refractivity contribution in [3.63, 3.8) is 0 Å². The van der Waals surface area contributed by atoms with Gasteiger partial charge in [0.25, 0.3) is 0 Å². The highest BCUT2D eigenvalue weighted by Gasteiger charge is 2.30. The van der Waals surface area contributed by atoms with Crippen LogP contribution >= 0.6 is 15.6 Å². The van der Waals surface area contributed by atoms with Crippen molar-refractivity contribution in [1.82, 2.24) is 0 Å². The summed E-state index contributed by atoms with van der Waals surface area (Å²) in [5.41, 5.74) is 0. The number of unbranched alkanes of at least 4 members (excludes halogenated alkanes) is 47. The van der Waals surface area contributed by atoms with Gasteiger partial charge in [-0.25, -0.2) is 9.13 Å². The topological polar surface area (TPSA) is 237 Å².